The Morgan fingerprint density at radius 3 is 2.45 bits per heavy atom. The molecule has 4 N–H and O–H groups in total. The predicted molar refractivity (Wildman–Crippen MR) is 139 cm³/mol. The van der Waals surface area contributed by atoms with Crippen molar-refractivity contribution in [1.29, 1.82) is 0 Å². The van der Waals surface area contributed by atoms with E-state index in [4.69, 9.17) is 10.2 Å². The van der Waals surface area contributed by atoms with Gasteiger partial charge in [-0.05, 0) is 68.5 Å². The molecule has 0 radical (unpaired) electrons. The number of para-hydroxylation sites is 1. The number of nitrogens with zero attached hydrogens (tertiary/aromatic N) is 1. The van der Waals surface area contributed by atoms with Crippen molar-refractivity contribution in [2.45, 2.75) is 52.0 Å². The first-order valence-corrected chi connectivity index (χ1v) is 11.9. The summed E-state index contributed by atoms with van der Waals surface area (Å²) in [6.07, 6.45) is 7.20. The minimum atomic E-state index is -0.0761. The summed E-state index contributed by atoms with van der Waals surface area (Å²) < 4.78 is 6.00. The Morgan fingerprint density at radius 1 is 1.06 bits per heavy atom. The molecule has 1 aliphatic rings. The lowest BCUT2D eigenvalue weighted by Gasteiger charge is -2.29. The number of furan rings is 1. The summed E-state index contributed by atoms with van der Waals surface area (Å²) in [7, 11) is 4.16. The fourth-order valence-corrected chi connectivity index (χ4v) is 4.22. The van der Waals surface area contributed by atoms with Crippen LogP contribution in [-0.4, -0.2) is 25.0 Å². The van der Waals surface area contributed by atoms with Crippen LogP contribution in [-0.2, 0) is 6.54 Å². The molecule has 0 saturated heterocycles. The molecule has 0 bridgehead atoms. The normalized spacial score (nSPS) is 17.2. The summed E-state index contributed by atoms with van der Waals surface area (Å²) >= 11 is 0. The summed E-state index contributed by atoms with van der Waals surface area (Å²) in [5.74, 6) is 0.925. The third-order valence-corrected chi connectivity index (χ3v) is 5.73. The maximum atomic E-state index is 6.71. The van der Waals surface area contributed by atoms with Crippen LogP contribution in [0.15, 0.2) is 82.9 Å². The minimum Gasteiger partial charge on any atom is -0.460 e. The van der Waals surface area contributed by atoms with Crippen LogP contribution >= 0.6 is 0 Å². The molecule has 176 valence electrons. The third-order valence-electron chi connectivity index (χ3n) is 5.73. The Labute approximate surface area is 198 Å². The van der Waals surface area contributed by atoms with E-state index in [2.05, 4.69) is 85.1 Å². The van der Waals surface area contributed by atoms with Crippen molar-refractivity contribution in [2.24, 2.45) is 5.73 Å². The second kappa shape index (κ2) is 11.8. The molecule has 0 aliphatic carbocycles. The number of nitrogens with one attached hydrogen (secondary N) is 2. The Bertz CT molecular complexity index is 1050. The fraction of sp³-hybridized carbons (Fsp3) is 0.357. The van der Waals surface area contributed by atoms with E-state index < -0.39 is 0 Å². The van der Waals surface area contributed by atoms with Crippen molar-refractivity contribution in [3.05, 3.63) is 95.4 Å². The van der Waals surface area contributed by atoms with Crippen molar-refractivity contribution < 1.29 is 4.42 Å². The number of allylic oxidation sites excluding steroid dienone is 1. The maximum absolute atomic E-state index is 6.71. The summed E-state index contributed by atoms with van der Waals surface area (Å²) in [4.78, 5) is 2.18. The lowest BCUT2D eigenvalue weighted by atomic mass is 9.92. The van der Waals surface area contributed by atoms with E-state index in [1.165, 1.54) is 16.7 Å². The van der Waals surface area contributed by atoms with Gasteiger partial charge in [0.2, 0.25) is 0 Å². The molecule has 2 heterocycles. The van der Waals surface area contributed by atoms with E-state index in [-0.39, 0.29) is 12.2 Å². The van der Waals surface area contributed by atoms with E-state index in [0.29, 0.717) is 12.6 Å². The van der Waals surface area contributed by atoms with E-state index in [9.17, 15) is 0 Å². The number of rotatable bonds is 8. The smallest absolute Gasteiger partial charge is 0.134 e. The van der Waals surface area contributed by atoms with E-state index in [0.717, 1.165) is 23.2 Å². The van der Waals surface area contributed by atoms with Crippen molar-refractivity contribution in [2.75, 3.05) is 14.1 Å². The van der Waals surface area contributed by atoms with Crippen LogP contribution in [0.25, 0.3) is 11.0 Å². The molecule has 3 unspecified atom stereocenters. The van der Waals surface area contributed by atoms with Crippen molar-refractivity contribution >= 4 is 11.0 Å². The molecule has 0 amide bonds. The maximum Gasteiger partial charge on any atom is 0.134 e. The van der Waals surface area contributed by atoms with Crippen LogP contribution in [0.5, 0.6) is 0 Å². The van der Waals surface area contributed by atoms with Crippen molar-refractivity contribution in [3.8, 4) is 0 Å². The largest absolute Gasteiger partial charge is 0.460 e. The first-order chi connectivity index (χ1) is 16.0. The van der Waals surface area contributed by atoms with Crippen molar-refractivity contribution in [1.82, 2.24) is 15.5 Å². The zero-order valence-electron chi connectivity index (χ0n) is 20.5. The second-order valence-corrected chi connectivity index (χ2v) is 8.47. The lowest BCUT2D eigenvalue weighted by Crippen LogP contribution is -2.34. The number of nitrogens with two attached hydrogens (primary N) is 1. The number of benzene rings is 2. The Balaban J connectivity index is 0.00000149. The van der Waals surface area contributed by atoms with Crippen molar-refractivity contribution in [3.63, 3.8) is 0 Å². The average molecular weight is 447 g/mol. The fourth-order valence-electron chi connectivity index (χ4n) is 4.22. The summed E-state index contributed by atoms with van der Waals surface area (Å²) in [6, 6.07) is 18.9. The first kappa shape index (κ1) is 24.8. The molecule has 1 aromatic heterocycles. The molecule has 5 nitrogen and oxygen atoms in total. The lowest BCUT2D eigenvalue weighted by molar-refractivity contribution is 0.241. The Hall–Kier alpha value is -2.86. The molecule has 3 atom stereocenters. The highest BCUT2D eigenvalue weighted by molar-refractivity contribution is 5.77. The van der Waals surface area contributed by atoms with E-state index >= 15 is 0 Å². The van der Waals surface area contributed by atoms with Gasteiger partial charge in [-0.2, -0.15) is 0 Å². The molecule has 3 aromatic rings. The van der Waals surface area contributed by atoms with Crippen LogP contribution in [0.3, 0.4) is 0 Å². The second-order valence-electron chi connectivity index (χ2n) is 8.47. The number of hydrogen-bond donors (Lipinski definition) is 3. The van der Waals surface area contributed by atoms with Crippen LogP contribution in [0.4, 0.5) is 0 Å². The highest BCUT2D eigenvalue weighted by Crippen LogP contribution is 2.29. The molecule has 0 fully saturated rings. The molecule has 0 spiro atoms. The topological polar surface area (TPSA) is 66.5 Å². The van der Waals surface area contributed by atoms with Gasteiger partial charge >= 0.3 is 0 Å². The molecular formula is C28H38N4O. The van der Waals surface area contributed by atoms with Gasteiger partial charge in [0.25, 0.3) is 0 Å². The summed E-state index contributed by atoms with van der Waals surface area (Å²) in [6.45, 7) is 6.78. The first-order valence-electron chi connectivity index (χ1n) is 11.9. The molecule has 4 rings (SSSR count). The summed E-state index contributed by atoms with van der Waals surface area (Å²) in [5, 5.41) is 8.07. The predicted octanol–water partition coefficient (Wildman–Crippen LogP) is 5.63. The van der Waals surface area contributed by atoms with Crippen LogP contribution in [0, 0.1) is 0 Å². The molecule has 0 saturated carbocycles. The molecule has 2 aromatic carbocycles. The van der Waals surface area contributed by atoms with Gasteiger partial charge in [0.1, 0.15) is 11.3 Å². The van der Waals surface area contributed by atoms with Gasteiger partial charge in [-0.25, -0.2) is 0 Å². The third kappa shape index (κ3) is 6.35. The Kier molecular flexibility index (Phi) is 8.89. The Morgan fingerprint density at radius 2 is 1.76 bits per heavy atom. The number of fused-ring (bicyclic) bond motifs is 1. The quantitative estimate of drug-likeness (QED) is 0.391. The number of dihydropyridines is 1. The molecular weight excluding hydrogens is 408 g/mol. The zero-order chi connectivity index (χ0) is 23.8. The van der Waals surface area contributed by atoms with Gasteiger partial charge in [-0.1, -0.05) is 62.4 Å². The van der Waals surface area contributed by atoms with Gasteiger partial charge in [-0.3, -0.25) is 10.2 Å². The SMILES string of the molecule is CC.CC1C=C(CC(N)c2ccccc2C(NCc2cc3ccccc3o2)N(C)C)C=CN1. The molecule has 5 heteroatoms. The van der Waals surface area contributed by atoms with Crippen LogP contribution < -0.4 is 16.4 Å². The zero-order valence-corrected chi connectivity index (χ0v) is 20.5. The van der Waals surface area contributed by atoms with Gasteiger partial charge in [0, 0.05) is 17.5 Å². The average Bonchev–Trinajstić information content (AvgIpc) is 3.23. The van der Waals surface area contributed by atoms with Crippen LogP contribution in [0.1, 0.15) is 56.3 Å². The summed E-state index contributed by atoms with van der Waals surface area (Å²) in [5.41, 5.74) is 11.3. The van der Waals surface area contributed by atoms with Crippen LogP contribution in [0.2, 0.25) is 0 Å². The minimum absolute atomic E-state index is 0.0203. The van der Waals surface area contributed by atoms with Gasteiger partial charge in [0.05, 0.1) is 12.7 Å². The van der Waals surface area contributed by atoms with E-state index in [1.807, 2.05) is 38.2 Å². The standard InChI is InChI=1S/C26H32N4O.C2H6/c1-18-14-19(12-13-28-18)15-24(27)22-9-5-6-10-23(22)26(30(2)3)29-17-21-16-20-8-4-7-11-25(20)31-21;1-2/h4-14,16,18,24,26,28-29H,15,17,27H2,1-3H3;1-2H3. The molecule has 1 aliphatic heterocycles. The highest BCUT2D eigenvalue weighted by Gasteiger charge is 2.21. The van der Waals surface area contributed by atoms with Gasteiger partial charge in [-0.15, -0.1) is 0 Å². The highest BCUT2D eigenvalue weighted by atomic mass is 16.3. The molecule has 33 heavy (non-hydrogen) atoms. The number of hydrogen-bond acceptors (Lipinski definition) is 5. The van der Waals surface area contributed by atoms with Gasteiger partial charge in [0.15, 0.2) is 0 Å². The van der Waals surface area contributed by atoms with Gasteiger partial charge < -0.3 is 15.5 Å². The van der Waals surface area contributed by atoms with E-state index in [1.54, 1.807) is 0 Å². The monoisotopic (exact) mass is 446 g/mol.